The Morgan fingerprint density at radius 2 is 2.13 bits per heavy atom. The van der Waals surface area contributed by atoms with Crippen LogP contribution in [0.3, 0.4) is 0 Å². The van der Waals surface area contributed by atoms with E-state index in [1.165, 1.54) is 0 Å². The molecule has 0 spiro atoms. The SMILES string of the molecule is CC(Br)C(=O)Nc1cccc(N(C)C)c1. The van der Waals surface area contributed by atoms with Crippen molar-refractivity contribution in [3.8, 4) is 0 Å². The fourth-order valence-electron chi connectivity index (χ4n) is 1.10. The average Bonchev–Trinajstić information content (AvgIpc) is 2.18. The van der Waals surface area contributed by atoms with Gasteiger partial charge in [0, 0.05) is 25.5 Å². The molecule has 1 aromatic rings. The van der Waals surface area contributed by atoms with E-state index in [9.17, 15) is 4.79 Å². The van der Waals surface area contributed by atoms with Gasteiger partial charge in [-0.1, -0.05) is 22.0 Å². The molecule has 0 saturated heterocycles. The third kappa shape index (κ3) is 3.55. The summed E-state index contributed by atoms with van der Waals surface area (Å²) in [4.78, 5) is 13.2. The first-order valence-corrected chi connectivity index (χ1v) is 5.64. The van der Waals surface area contributed by atoms with Crippen LogP contribution < -0.4 is 10.2 Å². The molecule has 0 aliphatic carbocycles. The number of hydrogen-bond donors (Lipinski definition) is 1. The standard InChI is InChI=1S/C11H15BrN2O/c1-8(12)11(15)13-9-5-4-6-10(7-9)14(2)3/h4-8H,1-3H3,(H,13,15). The van der Waals surface area contributed by atoms with Crippen LogP contribution in [0.15, 0.2) is 24.3 Å². The van der Waals surface area contributed by atoms with Crippen molar-refractivity contribution in [2.24, 2.45) is 0 Å². The number of carbonyl (C=O) groups is 1. The third-order valence-corrected chi connectivity index (χ3v) is 2.41. The summed E-state index contributed by atoms with van der Waals surface area (Å²) in [7, 11) is 3.93. The maximum atomic E-state index is 11.4. The lowest BCUT2D eigenvalue weighted by Crippen LogP contribution is -2.20. The minimum absolute atomic E-state index is 0.0362. The Kier molecular flexibility index (Phi) is 4.15. The molecule has 1 unspecified atom stereocenters. The number of benzene rings is 1. The Labute approximate surface area is 98.6 Å². The quantitative estimate of drug-likeness (QED) is 0.856. The third-order valence-electron chi connectivity index (χ3n) is 1.99. The first kappa shape index (κ1) is 12.0. The van der Waals surface area contributed by atoms with Crippen LogP contribution in [0.4, 0.5) is 11.4 Å². The number of nitrogens with zero attached hydrogens (tertiary/aromatic N) is 1. The minimum Gasteiger partial charge on any atom is -0.378 e. The zero-order valence-electron chi connectivity index (χ0n) is 9.12. The van der Waals surface area contributed by atoms with Gasteiger partial charge in [-0.3, -0.25) is 4.79 Å². The number of halogens is 1. The molecule has 0 heterocycles. The summed E-state index contributed by atoms with van der Waals surface area (Å²) in [5, 5.41) is 2.82. The Morgan fingerprint density at radius 1 is 1.47 bits per heavy atom. The van der Waals surface area contributed by atoms with Gasteiger partial charge in [-0.15, -0.1) is 0 Å². The summed E-state index contributed by atoms with van der Waals surface area (Å²) in [5.41, 5.74) is 1.88. The second kappa shape index (κ2) is 5.16. The molecule has 1 N–H and O–H groups in total. The van der Waals surface area contributed by atoms with Crippen LogP contribution in [0.2, 0.25) is 0 Å². The Balaban J connectivity index is 2.78. The molecular formula is C11H15BrN2O. The van der Waals surface area contributed by atoms with E-state index in [0.29, 0.717) is 0 Å². The Bertz CT molecular complexity index is 350. The molecule has 82 valence electrons. The fourth-order valence-corrected chi connectivity index (χ4v) is 1.22. The molecule has 1 amide bonds. The predicted octanol–water partition coefficient (Wildman–Crippen LogP) is 2.47. The lowest BCUT2D eigenvalue weighted by molar-refractivity contribution is -0.115. The first-order valence-electron chi connectivity index (χ1n) is 4.73. The monoisotopic (exact) mass is 270 g/mol. The summed E-state index contributed by atoms with van der Waals surface area (Å²) in [6.45, 7) is 1.80. The number of nitrogens with one attached hydrogen (secondary N) is 1. The number of amides is 1. The number of hydrogen-bond acceptors (Lipinski definition) is 2. The van der Waals surface area contributed by atoms with Crippen molar-refractivity contribution < 1.29 is 4.79 Å². The lowest BCUT2D eigenvalue weighted by atomic mass is 10.2. The van der Waals surface area contributed by atoms with Gasteiger partial charge in [0.1, 0.15) is 0 Å². The zero-order valence-corrected chi connectivity index (χ0v) is 10.7. The Hall–Kier alpha value is -1.03. The van der Waals surface area contributed by atoms with Crippen LogP contribution in [0.1, 0.15) is 6.92 Å². The van der Waals surface area contributed by atoms with E-state index < -0.39 is 0 Å². The molecule has 1 aromatic carbocycles. The molecule has 15 heavy (non-hydrogen) atoms. The van der Waals surface area contributed by atoms with Gasteiger partial charge in [0.15, 0.2) is 0 Å². The maximum absolute atomic E-state index is 11.4. The number of carbonyl (C=O) groups excluding carboxylic acids is 1. The van der Waals surface area contributed by atoms with E-state index in [1.54, 1.807) is 6.92 Å². The van der Waals surface area contributed by atoms with Gasteiger partial charge in [0.25, 0.3) is 0 Å². The van der Waals surface area contributed by atoms with Gasteiger partial charge < -0.3 is 10.2 Å². The van der Waals surface area contributed by atoms with E-state index in [-0.39, 0.29) is 10.7 Å². The maximum Gasteiger partial charge on any atom is 0.237 e. The van der Waals surface area contributed by atoms with E-state index in [0.717, 1.165) is 11.4 Å². The zero-order chi connectivity index (χ0) is 11.4. The number of anilines is 2. The Morgan fingerprint density at radius 3 is 2.67 bits per heavy atom. The molecular weight excluding hydrogens is 256 g/mol. The highest BCUT2D eigenvalue weighted by Gasteiger charge is 2.08. The summed E-state index contributed by atoms with van der Waals surface area (Å²) in [6.07, 6.45) is 0. The highest BCUT2D eigenvalue weighted by atomic mass is 79.9. The van der Waals surface area contributed by atoms with Gasteiger partial charge in [-0.2, -0.15) is 0 Å². The molecule has 0 aromatic heterocycles. The van der Waals surface area contributed by atoms with Crippen LogP contribution in [0, 0.1) is 0 Å². The van der Waals surface area contributed by atoms with Crippen LogP contribution in [0.25, 0.3) is 0 Å². The van der Waals surface area contributed by atoms with Crippen LogP contribution in [-0.4, -0.2) is 24.8 Å². The van der Waals surface area contributed by atoms with Crippen molar-refractivity contribution >= 4 is 33.2 Å². The lowest BCUT2D eigenvalue weighted by Gasteiger charge is -2.14. The molecule has 3 nitrogen and oxygen atoms in total. The van der Waals surface area contributed by atoms with E-state index in [2.05, 4.69) is 21.2 Å². The second-order valence-electron chi connectivity index (χ2n) is 3.55. The predicted molar refractivity (Wildman–Crippen MR) is 67.8 cm³/mol. The largest absolute Gasteiger partial charge is 0.378 e. The molecule has 0 fully saturated rings. The van der Waals surface area contributed by atoms with Crippen molar-refractivity contribution in [3.63, 3.8) is 0 Å². The summed E-state index contributed by atoms with van der Waals surface area (Å²) < 4.78 is 0. The summed E-state index contributed by atoms with van der Waals surface area (Å²) in [5.74, 6) is -0.0362. The van der Waals surface area contributed by atoms with Gasteiger partial charge in [0.2, 0.25) is 5.91 Å². The fraction of sp³-hybridized carbons (Fsp3) is 0.364. The van der Waals surface area contributed by atoms with Gasteiger partial charge >= 0.3 is 0 Å². The minimum atomic E-state index is -0.180. The van der Waals surface area contributed by atoms with Crippen LogP contribution >= 0.6 is 15.9 Å². The molecule has 0 radical (unpaired) electrons. The first-order chi connectivity index (χ1) is 7.00. The van der Waals surface area contributed by atoms with Crippen LogP contribution in [0.5, 0.6) is 0 Å². The van der Waals surface area contributed by atoms with Gasteiger partial charge in [-0.25, -0.2) is 0 Å². The molecule has 0 aliphatic rings. The highest BCUT2D eigenvalue weighted by molar-refractivity contribution is 9.10. The van der Waals surface area contributed by atoms with Crippen molar-refractivity contribution in [1.29, 1.82) is 0 Å². The number of rotatable bonds is 3. The van der Waals surface area contributed by atoms with Crippen molar-refractivity contribution in [1.82, 2.24) is 0 Å². The van der Waals surface area contributed by atoms with Gasteiger partial charge in [0.05, 0.1) is 4.83 Å². The topological polar surface area (TPSA) is 32.3 Å². The molecule has 1 atom stereocenters. The van der Waals surface area contributed by atoms with E-state index >= 15 is 0 Å². The molecule has 0 saturated carbocycles. The van der Waals surface area contributed by atoms with Gasteiger partial charge in [-0.05, 0) is 25.1 Å². The molecule has 0 bridgehead atoms. The van der Waals surface area contributed by atoms with Crippen molar-refractivity contribution in [2.45, 2.75) is 11.8 Å². The van der Waals surface area contributed by atoms with E-state index in [1.807, 2.05) is 43.3 Å². The highest BCUT2D eigenvalue weighted by Crippen LogP contribution is 2.17. The van der Waals surface area contributed by atoms with Crippen molar-refractivity contribution in [2.75, 3.05) is 24.3 Å². The smallest absolute Gasteiger partial charge is 0.237 e. The van der Waals surface area contributed by atoms with E-state index in [4.69, 9.17) is 0 Å². The van der Waals surface area contributed by atoms with Crippen molar-refractivity contribution in [3.05, 3.63) is 24.3 Å². The normalized spacial score (nSPS) is 12.0. The second-order valence-corrected chi connectivity index (χ2v) is 4.92. The number of alkyl halides is 1. The van der Waals surface area contributed by atoms with Crippen LogP contribution in [-0.2, 0) is 4.79 Å². The summed E-state index contributed by atoms with van der Waals surface area (Å²) >= 11 is 3.22. The molecule has 0 aliphatic heterocycles. The molecule has 1 rings (SSSR count). The molecule has 4 heteroatoms. The summed E-state index contributed by atoms with van der Waals surface area (Å²) in [6, 6.07) is 7.73. The average molecular weight is 271 g/mol.